The van der Waals surface area contributed by atoms with Crippen LogP contribution in [0.15, 0.2) is 36.5 Å². The Balaban J connectivity index is 1.71. The molecule has 0 bridgehead atoms. The minimum absolute atomic E-state index is 0.310. The van der Waals surface area contributed by atoms with Crippen LogP contribution in [0, 0.1) is 0 Å². The predicted molar refractivity (Wildman–Crippen MR) is 102 cm³/mol. The van der Waals surface area contributed by atoms with Gasteiger partial charge in [-0.2, -0.15) is 0 Å². The molecule has 1 aromatic heterocycles. The predicted octanol–water partition coefficient (Wildman–Crippen LogP) is 1.63. The summed E-state index contributed by atoms with van der Waals surface area (Å²) in [5.41, 5.74) is 1.82. The number of methoxy groups -OCH3 is 2. The molecule has 1 N–H and O–H groups in total. The number of pyridine rings is 1. The Morgan fingerprint density at radius 2 is 1.81 bits per heavy atom. The maximum atomic E-state index is 12.6. The SMILES string of the molecule is COc1ccc(NC(=O)c2cc(N3CCN(C=O)CC3)ccn2)cc1OC. The van der Waals surface area contributed by atoms with E-state index in [1.54, 1.807) is 49.6 Å². The number of nitrogens with one attached hydrogen (secondary N) is 1. The van der Waals surface area contributed by atoms with Gasteiger partial charge >= 0.3 is 0 Å². The zero-order valence-corrected chi connectivity index (χ0v) is 15.3. The second kappa shape index (κ2) is 8.39. The molecule has 2 amide bonds. The minimum Gasteiger partial charge on any atom is -0.493 e. The summed E-state index contributed by atoms with van der Waals surface area (Å²) in [6.45, 7) is 2.77. The Bertz CT molecular complexity index is 819. The number of hydrogen-bond donors (Lipinski definition) is 1. The van der Waals surface area contributed by atoms with Gasteiger partial charge in [-0.05, 0) is 24.3 Å². The van der Waals surface area contributed by atoms with E-state index in [2.05, 4.69) is 15.2 Å². The first-order chi connectivity index (χ1) is 13.1. The molecule has 27 heavy (non-hydrogen) atoms. The third-order valence-electron chi connectivity index (χ3n) is 4.45. The molecule has 0 atom stereocenters. The van der Waals surface area contributed by atoms with Crippen LogP contribution in [0.25, 0.3) is 0 Å². The summed E-state index contributed by atoms with van der Waals surface area (Å²) in [6.07, 6.45) is 2.48. The van der Waals surface area contributed by atoms with Crippen LogP contribution in [0.3, 0.4) is 0 Å². The third kappa shape index (κ3) is 4.28. The van der Waals surface area contributed by atoms with Crippen molar-refractivity contribution in [3.8, 4) is 11.5 Å². The summed E-state index contributed by atoms with van der Waals surface area (Å²) in [4.78, 5) is 31.5. The van der Waals surface area contributed by atoms with Gasteiger partial charge in [0.05, 0.1) is 14.2 Å². The number of rotatable bonds is 6. The number of carbonyl (C=O) groups is 2. The van der Waals surface area contributed by atoms with Gasteiger partial charge in [-0.3, -0.25) is 14.6 Å². The lowest BCUT2D eigenvalue weighted by Crippen LogP contribution is -2.45. The topological polar surface area (TPSA) is 84.0 Å². The summed E-state index contributed by atoms with van der Waals surface area (Å²) in [6, 6.07) is 8.78. The first-order valence-electron chi connectivity index (χ1n) is 8.58. The van der Waals surface area contributed by atoms with E-state index >= 15 is 0 Å². The lowest BCUT2D eigenvalue weighted by molar-refractivity contribution is -0.118. The second-order valence-electron chi connectivity index (χ2n) is 6.05. The number of carbonyl (C=O) groups excluding carboxylic acids is 2. The van der Waals surface area contributed by atoms with E-state index in [9.17, 15) is 9.59 Å². The van der Waals surface area contributed by atoms with Crippen LogP contribution >= 0.6 is 0 Å². The summed E-state index contributed by atoms with van der Waals surface area (Å²) < 4.78 is 10.5. The number of nitrogens with zero attached hydrogens (tertiary/aromatic N) is 3. The fraction of sp³-hybridized carbons (Fsp3) is 0.316. The van der Waals surface area contributed by atoms with Crippen LogP contribution in [0.4, 0.5) is 11.4 Å². The Morgan fingerprint density at radius 3 is 2.48 bits per heavy atom. The molecule has 8 heteroatoms. The number of benzene rings is 1. The van der Waals surface area contributed by atoms with E-state index in [0.29, 0.717) is 36.0 Å². The summed E-state index contributed by atoms with van der Waals surface area (Å²) in [5.74, 6) is 0.811. The average molecular weight is 370 g/mol. The fourth-order valence-electron chi connectivity index (χ4n) is 2.93. The number of aromatic nitrogens is 1. The third-order valence-corrected chi connectivity index (χ3v) is 4.45. The van der Waals surface area contributed by atoms with Crippen LogP contribution in [0.2, 0.25) is 0 Å². The molecule has 0 unspecified atom stereocenters. The van der Waals surface area contributed by atoms with Gasteiger partial charge in [-0.25, -0.2) is 0 Å². The normalized spacial score (nSPS) is 13.9. The summed E-state index contributed by atoms with van der Waals surface area (Å²) >= 11 is 0. The van der Waals surface area contributed by atoms with Gasteiger partial charge in [0.2, 0.25) is 6.41 Å². The maximum Gasteiger partial charge on any atom is 0.274 e. The molecule has 0 radical (unpaired) electrons. The number of hydrogen-bond acceptors (Lipinski definition) is 6. The molecule has 1 aromatic carbocycles. The van der Waals surface area contributed by atoms with Gasteiger partial charge in [0.15, 0.2) is 11.5 Å². The lowest BCUT2D eigenvalue weighted by atomic mass is 10.2. The quantitative estimate of drug-likeness (QED) is 0.778. The van der Waals surface area contributed by atoms with Crippen molar-refractivity contribution in [1.82, 2.24) is 9.88 Å². The lowest BCUT2D eigenvalue weighted by Gasteiger charge is -2.34. The van der Waals surface area contributed by atoms with Crippen molar-refractivity contribution >= 4 is 23.7 Å². The van der Waals surface area contributed by atoms with Crippen molar-refractivity contribution in [2.24, 2.45) is 0 Å². The molecule has 0 spiro atoms. The van der Waals surface area contributed by atoms with E-state index in [0.717, 1.165) is 25.2 Å². The second-order valence-corrected chi connectivity index (χ2v) is 6.05. The minimum atomic E-state index is -0.310. The number of anilines is 2. The van der Waals surface area contributed by atoms with E-state index < -0.39 is 0 Å². The number of ether oxygens (including phenoxy) is 2. The van der Waals surface area contributed by atoms with Gasteiger partial charge in [0.1, 0.15) is 5.69 Å². The molecule has 3 rings (SSSR count). The molecule has 1 aliphatic rings. The van der Waals surface area contributed by atoms with Crippen molar-refractivity contribution in [1.29, 1.82) is 0 Å². The van der Waals surface area contributed by atoms with Gasteiger partial charge in [0, 0.05) is 49.8 Å². The number of piperazine rings is 1. The smallest absolute Gasteiger partial charge is 0.274 e. The van der Waals surface area contributed by atoms with Crippen LogP contribution in [0.1, 0.15) is 10.5 Å². The van der Waals surface area contributed by atoms with E-state index in [1.165, 1.54) is 0 Å². The molecular formula is C19H22N4O4. The highest BCUT2D eigenvalue weighted by Gasteiger charge is 2.17. The van der Waals surface area contributed by atoms with Gasteiger partial charge < -0.3 is 24.6 Å². The fourth-order valence-corrected chi connectivity index (χ4v) is 2.93. The monoisotopic (exact) mass is 370 g/mol. The number of amides is 2. The van der Waals surface area contributed by atoms with E-state index in [1.807, 2.05) is 6.07 Å². The average Bonchev–Trinajstić information content (AvgIpc) is 2.73. The Morgan fingerprint density at radius 1 is 1.07 bits per heavy atom. The highest BCUT2D eigenvalue weighted by molar-refractivity contribution is 6.03. The highest BCUT2D eigenvalue weighted by atomic mass is 16.5. The Hall–Kier alpha value is -3.29. The van der Waals surface area contributed by atoms with Crippen molar-refractivity contribution in [3.05, 3.63) is 42.2 Å². The molecule has 0 saturated carbocycles. The van der Waals surface area contributed by atoms with Crippen LogP contribution < -0.4 is 19.7 Å². The Kier molecular flexibility index (Phi) is 5.75. The zero-order valence-electron chi connectivity index (χ0n) is 15.3. The van der Waals surface area contributed by atoms with Crippen molar-refractivity contribution in [2.45, 2.75) is 0 Å². The van der Waals surface area contributed by atoms with Crippen LogP contribution in [0.5, 0.6) is 11.5 Å². The molecular weight excluding hydrogens is 348 g/mol. The molecule has 142 valence electrons. The maximum absolute atomic E-state index is 12.6. The summed E-state index contributed by atoms with van der Waals surface area (Å²) in [7, 11) is 3.10. The summed E-state index contributed by atoms with van der Waals surface area (Å²) in [5, 5.41) is 2.82. The zero-order chi connectivity index (χ0) is 19.2. The van der Waals surface area contributed by atoms with Crippen molar-refractivity contribution < 1.29 is 19.1 Å². The van der Waals surface area contributed by atoms with E-state index in [-0.39, 0.29) is 5.91 Å². The van der Waals surface area contributed by atoms with Crippen molar-refractivity contribution in [2.75, 3.05) is 50.6 Å². The van der Waals surface area contributed by atoms with Gasteiger partial charge in [-0.1, -0.05) is 0 Å². The first-order valence-corrected chi connectivity index (χ1v) is 8.58. The van der Waals surface area contributed by atoms with Crippen LogP contribution in [-0.4, -0.2) is 62.6 Å². The van der Waals surface area contributed by atoms with Gasteiger partial charge in [0.25, 0.3) is 5.91 Å². The standard InChI is InChI=1S/C19H22N4O4/c1-26-17-4-3-14(11-18(17)27-2)21-19(25)16-12-15(5-6-20-16)23-9-7-22(13-24)8-10-23/h3-6,11-13H,7-10H2,1-2H3,(H,21,25). The largest absolute Gasteiger partial charge is 0.493 e. The molecule has 1 saturated heterocycles. The molecule has 2 heterocycles. The van der Waals surface area contributed by atoms with Crippen LogP contribution in [-0.2, 0) is 4.79 Å². The van der Waals surface area contributed by atoms with Gasteiger partial charge in [-0.15, -0.1) is 0 Å². The molecule has 8 nitrogen and oxygen atoms in total. The van der Waals surface area contributed by atoms with Crippen molar-refractivity contribution in [3.63, 3.8) is 0 Å². The highest BCUT2D eigenvalue weighted by Crippen LogP contribution is 2.30. The molecule has 1 fully saturated rings. The first kappa shape index (κ1) is 18.5. The van der Waals surface area contributed by atoms with E-state index in [4.69, 9.17) is 9.47 Å². The molecule has 1 aliphatic heterocycles. The molecule has 2 aromatic rings. The molecule has 0 aliphatic carbocycles. The Labute approximate surface area is 157 Å².